The summed E-state index contributed by atoms with van der Waals surface area (Å²) in [6.45, 7) is 0.414. The number of benzene rings is 1. The van der Waals surface area contributed by atoms with Crippen LogP contribution in [0, 0.1) is 10.1 Å². The van der Waals surface area contributed by atoms with Crippen LogP contribution in [-0.4, -0.2) is 20.0 Å². The smallest absolute Gasteiger partial charge is 0.293 e. The number of furan rings is 1. The SMILES string of the molecule is O=[N+]([O-])c1cc(-c2nc(-c3ccco3)no2)ccc1NCc1cccnc1. The number of rotatable bonds is 6. The first-order chi connectivity index (χ1) is 13.2. The molecule has 0 aliphatic carbocycles. The van der Waals surface area contributed by atoms with Gasteiger partial charge in [-0.25, -0.2) is 0 Å². The zero-order chi connectivity index (χ0) is 18.6. The zero-order valence-electron chi connectivity index (χ0n) is 13.9. The van der Waals surface area contributed by atoms with Crippen LogP contribution in [0.1, 0.15) is 5.56 Å². The highest BCUT2D eigenvalue weighted by Gasteiger charge is 2.19. The summed E-state index contributed by atoms with van der Waals surface area (Å²) in [5.41, 5.74) is 1.65. The molecular formula is C18H13N5O4. The van der Waals surface area contributed by atoms with E-state index in [4.69, 9.17) is 8.94 Å². The summed E-state index contributed by atoms with van der Waals surface area (Å²) in [5, 5.41) is 18.4. The van der Waals surface area contributed by atoms with Crippen molar-refractivity contribution in [3.8, 4) is 23.0 Å². The van der Waals surface area contributed by atoms with Crippen molar-refractivity contribution in [1.82, 2.24) is 15.1 Å². The standard InChI is InChI=1S/C18H13N5O4/c24-23(25)15-9-13(18-21-17(22-27-18)16-4-2-8-26-16)5-6-14(15)20-11-12-3-1-7-19-10-12/h1-10,20H,11H2. The van der Waals surface area contributed by atoms with Crippen LogP contribution in [0.2, 0.25) is 0 Å². The third kappa shape index (κ3) is 3.52. The minimum absolute atomic E-state index is 0.0888. The van der Waals surface area contributed by atoms with Crippen molar-refractivity contribution < 1.29 is 13.9 Å². The predicted molar refractivity (Wildman–Crippen MR) is 95.7 cm³/mol. The Balaban J connectivity index is 1.60. The molecule has 0 spiro atoms. The third-order valence-corrected chi connectivity index (χ3v) is 3.81. The molecule has 0 bridgehead atoms. The van der Waals surface area contributed by atoms with Crippen molar-refractivity contribution in [3.05, 3.63) is 76.8 Å². The molecular weight excluding hydrogens is 350 g/mol. The van der Waals surface area contributed by atoms with E-state index in [9.17, 15) is 10.1 Å². The summed E-state index contributed by atoms with van der Waals surface area (Å²) in [5.74, 6) is 0.897. The molecule has 0 unspecified atom stereocenters. The molecule has 0 radical (unpaired) electrons. The lowest BCUT2D eigenvalue weighted by Gasteiger charge is -2.07. The van der Waals surface area contributed by atoms with Gasteiger partial charge in [0.2, 0.25) is 5.82 Å². The van der Waals surface area contributed by atoms with E-state index in [0.717, 1.165) is 5.56 Å². The first-order valence-electron chi connectivity index (χ1n) is 8.00. The molecule has 0 aliphatic heterocycles. The Morgan fingerprint density at radius 2 is 2.11 bits per heavy atom. The molecule has 27 heavy (non-hydrogen) atoms. The molecule has 3 aromatic heterocycles. The maximum atomic E-state index is 11.5. The largest absolute Gasteiger partial charge is 0.461 e. The van der Waals surface area contributed by atoms with E-state index in [-0.39, 0.29) is 17.4 Å². The molecule has 3 heterocycles. The van der Waals surface area contributed by atoms with E-state index >= 15 is 0 Å². The van der Waals surface area contributed by atoms with Gasteiger partial charge >= 0.3 is 0 Å². The maximum absolute atomic E-state index is 11.5. The van der Waals surface area contributed by atoms with Crippen molar-refractivity contribution >= 4 is 11.4 Å². The normalized spacial score (nSPS) is 10.7. The fraction of sp³-hybridized carbons (Fsp3) is 0.0556. The van der Waals surface area contributed by atoms with Crippen LogP contribution in [0.15, 0.2) is 70.1 Å². The number of nitrogens with one attached hydrogen (secondary N) is 1. The predicted octanol–water partition coefficient (Wildman–Crippen LogP) is 3.91. The van der Waals surface area contributed by atoms with E-state index in [1.165, 1.54) is 12.3 Å². The van der Waals surface area contributed by atoms with E-state index in [2.05, 4.69) is 20.4 Å². The van der Waals surface area contributed by atoms with Gasteiger partial charge in [0, 0.05) is 30.6 Å². The van der Waals surface area contributed by atoms with Crippen molar-refractivity contribution in [2.75, 3.05) is 5.32 Å². The molecule has 9 nitrogen and oxygen atoms in total. The van der Waals surface area contributed by atoms with Gasteiger partial charge in [-0.1, -0.05) is 11.2 Å². The van der Waals surface area contributed by atoms with Gasteiger partial charge < -0.3 is 14.3 Å². The fourth-order valence-corrected chi connectivity index (χ4v) is 2.51. The lowest BCUT2D eigenvalue weighted by atomic mass is 10.1. The molecule has 4 aromatic rings. The summed E-state index contributed by atoms with van der Waals surface area (Å²) < 4.78 is 10.4. The average Bonchev–Trinajstić information content (AvgIpc) is 3.38. The van der Waals surface area contributed by atoms with Gasteiger partial charge in [-0.2, -0.15) is 4.98 Å². The molecule has 0 fully saturated rings. The van der Waals surface area contributed by atoms with Crippen LogP contribution < -0.4 is 5.32 Å². The second kappa shape index (κ2) is 7.08. The number of hydrogen-bond acceptors (Lipinski definition) is 8. The second-order valence-corrected chi connectivity index (χ2v) is 5.60. The first kappa shape index (κ1) is 16.5. The number of hydrogen-bond donors (Lipinski definition) is 1. The van der Waals surface area contributed by atoms with Crippen molar-refractivity contribution in [1.29, 1.82) is 0 Å². The number of pyridine rings is 1. The third-order valence-electron chi connectivity index (χ3n) is 3.81. The van der Waals surface area contributed by atoms with Crippen LogP contribution in [0.5, 0.6) is 0 Å². The lowest BCUT2D eigenvalue weighted by Crippen LogP contribution is -2.03. The molecule has 134 valence electrons. The molecule has 0 amide bonds. The maximum Gasteiger partial charge on any atom is 0.293 e. The monoisotopic (exact) mass is 363 g/mol. The molecule has 0 saturated heterocycles. The topological polar surface area (TPSA) is 120 Å². The molecule has 0 aliphatic rings. The molecule has 0 saturated carbocycles. The average molecular weight is 363 g/mol. The number of nitro benzene ring substituents is 1. The fourth-order valence-electron chi connectivity index (χ4n) is 2.51. The summed E-state index contributed by atoms with van der Waals surface area (Å²) in [6.07, 6.45) is 4.86. The van der Waals surface area contributed by atoms with Gasteiger partial charge in [0.15, 0.2) is 5.76 Å². The summed E-state index contributed by atoms with van der Waals surface area (Å²) in [6, 6.07) is 11.8. The Labute approximate surface area is 152 Å². The molecule has 0 atom stereocenters. The van der Waals surface area contributed by atoms with Gasteiger partial charge in [0.1, 0.15) is 5.69 Å². The summed E-state index contributed by atoms with van der Waals surface area (Å²) in [4.78, 5) is 19.3. The van der Waals surface area contributed by atoms with Gasteiger partial charge in [-0.15, -0.1) is 0 Å². The summed E-state index contributed by atoms with van der Waals surface area (Å²) >= 11 is 0. The lowest BCUT2D eigenvalue weighted by molar-refractivity contribution is -0.383. The molecule has 4 rings (SSSR count). The minimum atomic E-state index is -0.459. The highest BCUT2D eigenvalue weighted by Crippen LogP contribution is 2.31. The summed E-state index contributed by atoms with van der Waals surface area (Å²) in [7, 11) is 0. The van der Waals surface area contributed by atoms with Crippen molar-refractivity contribution in [2.45, 2.75) is 6.54 Å². The van der Waals surface area contributed by atoms with E-state index < -0.39 is 4.92 Å². The minimum Gasteiger partial charge on any atom is -0.461 e. The number of nitrogens with zero attached hydrogens (tertiary/aromatic N) is 4. The van der Waals surface area contributed by atoms with Crippen LogP contribution in [0.3, 0.4) is 0 Å². The van der Waals surface area contributed by atoms with E-state index in [0.29, 0.717) is 23.6 Å². The first-order valence-corrected chi connectivity index (χ1v) is 8.00. The van der Waals surface area contributed by atoms with Crippen molar-refractivity contribution in [3.63, 3.8) is 0 Å². The van der Waals surface area contributed by atoms with E-state index in [1.54, 1.807) is 42.7 Å². The molecule has 1 N–H and O–H groups in total. The highest BCUT2D eigenvalue weighted by molar-refractivity contribution is 5.70. The molecule has 9 heteroatoms. The molecule has 1 aromatic carbocycles. The van der Waals surface area contributed by atoms with Gasteiger partial charge in [0.25, 0.3) is 11.6 Å². The Morgan fingerprint density at radius 3 is 2.85 bits per heavy atom. The number of aromatic nitrogens is 3. The van der Waals surface area contributed by atoms with Crippen LogP contribution in [0.4, 0.5) is 11.4 Å². The second-order valence-electron chi connectivity index (χ2n) is 5.60. The van der Waals surface area contributed by atoms with Crippen molar-refractivity contribution in [2.24, 2.45) is 0 Å². The van der Waals surface area contributed by atoms with E-state index in [1.807, 2.05) is 6.07 Å². The van der Waals surface area contributed by atoms with Crippen LogP contribution in [0.25, 0.3) is 23.0 Å². The van der Waals surface area contributed by atoms with Crippen LogP contribution >= 0.6 is 0 Å². The highest BCUT2D eigenvalue weighted by atomic mass is 16.6. The zero-order valence-corrected chi connectivity index (χ0v) is 13.9. The Kier molecular flexibility index (Phi) is 4.32. The Bertz CT molecular complexity index is 1060. The van der Waals surface area contributed by atoms with Gasteiger partial charge in [0.05, 0.1) is 11.2 Å². The Hall–Kier alpha value is -4.01. The Morgan fingerprint density at radius 1 is 1.19 bits per heavy atom. The number of nitro groups is 1. The van der Waals surface area contributed by atoms with Gasteiger partial charge in [-0.05, 0) is 35.9 Å². The number of anilines is 1. The quantitative estimate of drug-likeness (QED) is 0.404. The van der Waals surface area contributed by atoms with Crippen LogP contribution in [-0.2, 0) is 6.54 Å². The van der Waals surface area contributed by atoms with Gasteiger partial charge in [-0.3, -0.25) is 15.1 Å².